The normalized spacial score (nSPS) is 10.2. The summed E-state index contributed by atoms with van der Waals surface area (Å²) in [5.41, 5.74) is 3.15. The van der Waals surface area contributed by atoms with Crippen LogP contribution >= 0.6 is 0 Å². The lowest BCUT2D eigenvalue weighted by Gasteiger charge is -2.07. The van der Waals surface area contributed by atoms with Crippen LogP contribution in [0.1, 0.15) is 43.7 Å². The molecule has 0 aliphatic carbocycles. The highest BCUT2D eigenvalue weighted by molar-refractivity contribution is 5.85. The maximum absolute atomic E-state index is 11.9. The molecular weight excluding hydrogens is 354 g/mol. The van der Waals surface area contributed by atoms with Crippen molar-refractivity contribution < 1.29 is 18.9 Å². The van der Waals surface area contributed by atoms with Crippen molar-refractivity contribution in [1.82, 2.24) is 0 Å². The number of hydrogen-bond acceptors (Lipinski definition) is 4. The van der Waals surface area contributed by atoms with Gasteiger partial charge in [-0.05, 0) is 43.0 Å². The largest absolute Gasteiger partial charge is 0.443 e. The van der Waals surface area contributed by atoms with E-state index in [2.05, 4.69) is 29.4 Å². The van der Waals surface area contributed by atoms with Crippen LogP contribution in [-0.2, 0) is 22.5 Å². The van der Waals surface area contributed by atoms with Crippen molar-refractivity contribution in [2.24, 2.45) is 4.99 Å². The summed E-state index contributed by atoms with van der Waals surface area (Å²) in [6, 6.07) is 9.34. The van der Waals surface area contributed by atoms with Crippen molar-refractivity contribution in [3.63, 3.8) is 0 Å². The van der Waals surface area contributed by atoms with Gasteiger partial charge in [0.15, 0.2) is 25.5 Å². The summed E-state index contributed by atoms with van der Waals surface area (Å²) in [5.74, 6) is 0. The lowest BCUT2D eigenvalue weighted by molar-refractivity contribution is -0.697. The zero-order valence-electron chi connectivity index (χ0n) is 16.6. The van der Waals surface area contributed by atoms with E-state index in [1.165, 1.54) is 37.3 Å². The van der Waals surface area contributed by atoms with Crippen molar-refractivity contribution in [1.29, 1.82) is 0 Å². The van der Waals surface area contributed by atoms with Gasteiger partial charge in [0, 0.05) is 17.8 Å². The fraction of sp³-hybridized carbons (Fsp3) is 0.409. The molecule has 2 rings (SSSR count). The number of nitrogens with zero attached hydrogens (tertiary/aromatic N) is 2. The molecule has 0 atom stereocenters. The zero-order chi connectivity index (χ0) is 20.2. The maximum Gasteiger partial charge on any atom is 0.411 e. The van der Waals surface area contributed by atoms with Crippen LogP contribution in [0.5, 0.6) is 0 Å². The highest BCUT2D eigenvalue weighted by Gasteiger charge is 2.07. The molecule has 0 aliphatic heterocycles. The molecule has 0 fully saturated rings. The van der Waals surface area contributed by atoms with E-state index in [0.29, 0.717) is 17.9 Å². The molecule has 1 amide bonds. The van der Waals surface area contributed by atoms with E-state index in [1.54, 1.807) is 18.2 Å². The lowest BCUT2D eigenvalue weighted by atomic mass is 10.1. The molecule has 0 bridgehead atoms. The molecular formula is C22H28N3O3+. The SMILES string of the molecule is CCCCCCc1cc[n+](CCOC(=O)Nc2ccc(C)c(N=C=O)c2)cc1. The summed E-state index contributed by atoms with van der Waals surface area (Å²) in [6.45, 7) is 4.88. The summed E-state index contributed by atoms with van der Waals surface area (Å²) in [7, 11) is 0. The van der Waals surface area contributed by atoms with Crippen LogP contribution in [0.3, 0.4) is 0 Å². The Balaban J connectivity index is 1.74. The number of aliphatic imine (C=N–C) groups is 1. The van der Waals surface area contributed by atoms with Crippen molar-refractivity contribution >= 4 is 23.5 Å². The molecule has 0 saturated heterocycles. The number of unbranched alkanes of at least 4 members (excludes halogenated alkanes) is 3. The summed E-state index contributed by atoms with van der Waals surface area (Å²) in [6.07, 6.45) is 11.1. The maximum atomic E-state index is 11.9. The van der Waals surface area contributed by atoms with Gasteiger partial charge in [0.1, 0.15) is 0 Å². The Kier molecular flexibility index (Phi) is 8.89. The monoisotopic (exact) mass is 382 g/mol. The number of ether oxygens (including phenoxy) is 1. The number of nitrogens with one attached hydrogen (secondary N) is 1. The number of carbonyl (C=O) groups is 1. The first-order valence-electron chi connectivity index (χ1n) is 9.72. The predicted octanol–water partition coefficient (Wildman–Crippen LogP) is 4.62. The number of benzene rings is 1. The van der Waals surface area contributed by atoms with Gasteiger partial charge in [-0.15, -0.1) is 0 Å². The van der Waals surface area contributed by atoms with Crippen LogP contribution in [0.2, 0.25) is 0 Å². The quantitative estimate of drug-likeness (QED) is 0.282. The van der Waals surface area contributed by atoms with E-state index in [0.717, 1.165) is 12.0 Å². The van der Waals surface area contributed by atoms with Gasteiger partial charge in [-0.3, -0.25) is 5.32 Å². The molecule has 0 aliphatic rings. The van der Waals surface area contributed by atoms with Gasteiger partial charge in [-0.1, -0.05) is 32.3 Å². The second-order valence-corrected chi connectivity index (χ2v) is 6.72. The summed E-state index contributed by atoms with van der Waals surface area (Å²) >= 11 is 0. The van der Waals surface area contributed by atoms with Gasteiger partial charge >= 0.3 is 6.09 Å². The standard InChI is InChI=1S/C22H27N3O3/c1-3-4-5-6-7-19-10-12-25(13-11-19)14-15-28-22(27)24-20-9-8-18(2)21(16-20)23-17-26/h8-13,16H,3-7,14-15H2,1-2H3/p+1. The zero-order valence-corrected chi connectivity index (χ0v) is 16.6. The number of amides is 1. The highest BCUT2D eigenvalue weighted by atomic mass is 16.5. The number of aromatic nitrogens is 1. The van der Waals surface area contributed by atoms with E-state index in [1.807, 2.05) is 23.9 Å². The Bertz CT molecular complexity index is 812. The molecule has 0 spiro atoms. The van der Waals surface area contributed by atoms with Crippen molar-refractivity contribution in [3.05, 3.63) is 53.9 Å². The molecule has 2 aromatic rings. The van der Waals surface area contributed by atoms with Gasteiger partial charge in [-0.25, -0.2) is 14.2 Å². The van der Waals surface area contributed by atoms with Crippen LogP contribution < -0.4 is 9.88 Å². The number of pyridine rings is 1. The Morgan fingerprint density at radius 2 is 1.96 bits per heavy atom. The first kappa shape index (κ1) is 21.3. The molecule has 0 radical (unpaired) electrons. The molecule has 1 heterocycles. The van der Waals surface area contributed by atoms with Crippen LogP contribution in [-0.4, -0.2) is 18.8 Å². The fourth-order valence-electron chi connectivity index (χ4n) is 2.81. The van der Waals surface area contributed by atoms with Crippen LogP contribution in [0.25, 0.3) is 0 Å². The molecule has 6 heteroatoms. The third kappa shape index (κ3) is 7.33. The van der Waals surface area contributed by atoms with Gasteiger partial charge in [0.05, 0.1) is 5.69 Å². The van der Waals surface area contributed by atoms with Gasteiger partial charge in [-0.2, -0.15) is 4.99 Å². The molecule has 28 heavy (non-hydrogen) atoms. The van der Waals surface area contributed by atoms with Crippen molar-refractivity contribution in [2.45, 2.75) is 52.5 Å². The predicted molar refractivity (Wildman–Crippen MR) is 108 cm³/mol. The summed E-state index contributed by atoms with van der Waals surface area (Å²) < 4.78 is 7.21. The number of anilines is 1. The number of aryl methyl sites for hydroxylation is 2. The van der Waals surface area contributed by atoms with Crippen molar-refractivity contribution in [2.75, 3.05) is 11.9 Å². The second-order valence-electron chi connectivity index (χ2n) is 6.72. The highest BCUT2D eigenvalue weighted by Crippen LogP contribution is 2.22. The third-order valence-electron chi connectivity index (χ3n) is 4.48. The molecule has 1 N–H and O–H groups in total. The topological polar surface area (TPSA) is 71.6 Å². The first-order valence-corrected chi connectivity index (χ1v) is 9.72. The van der Waals surface area contributed by atoms with E-state index < -0.39 is 6.09 Å². The fourth-order valence-corrected chi connectivity index (χ4v) is 2.81. The average Bonchev–Trinajstić information content (AvgIpc) is 2.69. The number of rotatable bonds is 10. The number of isocyanates is 1. The minimum atomic E-state index is -0.543. The Morgan fingerprint density at radius 3 is 2.68 bits per heavy atom. The Morgan fingerprint density at radius 1 is 1.18 bits per heavy atom. The molecule has 1 aromatic carbocycles. The molecule has 0 unspecified atom stereocenters. The van der Waals surface area contributed by atoms with Crippen LogP contribution in [0, 0.1) is 6.92 Å². The van der Waals surface area contributed by atoms with Gasteiger partial charge < -0.3 is 4.74 Å². The minimum Gasteiger partial charge on any atom is -0.443 e. The van der Waals surface area contributed by atoms with Gasteiger partial charge in [0.2, 0.25) is 6.08 Å². The van der Waals surface area contributed by atoms with Crippen molar-refractivity contribution in [3.8, 4) is 0 Å². The Labute approximate surface area is 166 Å². The Hall–Kier alpha value is -2.98. The van der Waals surface area contributed by atoms with Crippen LogP contribution in [0.15, 0.2) is 47.7 Å². The van der Waals surface area contributed by atoms with E-state index in [9.17, 15) is 9.59 Å². The lowest BCUT2D eigenvalue weighted by Crippen LogP contribution is -2.36. The van der Waals surface area contributed by atoms with Gasteiger partial charge in [0.25, 0.3) is 0 Å². The van der Waals surface area contributed by atoms with E-state index in [-0.39, 0.29) is 6.61 Å². The molecule has 0 saturated carbocycles. The molecule has 148 valence electrons. The second kappa shape index (κ2) is 11.7. The summed E-state index contributed by atoms with van der Waals surface area (Å²) in [5, 5.41) is 2.64. The number of hydrogen-bond donors (Lipinski definition) is 1. The number of carbonyl (C=O) groups excluding carboxylic acids is 2. The first-order chi connectivity index (χ1) is 13.6. The van der Waals surface area contributed by atoms with E-state index >= 15 is 0 Å². The smallest absolute Gasteiger partial charge is 0.411 e. The minimum absolute atomic E-state index is 0.261. The molecule has 1 aromatic heterocycles. The summed E-state index contributed by atoms with van der Waals surface area (Å²) in [4.78, 5) is 26.0. The molecule has 6 nitrogen and oxygen atoms in total. The van der Waals surface area contributed by atoms with Crippen LogP contribution in [0.4, 0.5) is 16.2 Å². The van der Waals surface area contributed by atoms with E-state index in [4.69, 9.17) is 4.74 Å². The third-order valence-corrected chi connectivity index (χ3v) is 4.48. The average molecular weight is 382 g/mol.